The topological polar surface area (TPSA) is 59.2 Å². The highest BCUT2D eigenvalue weighted by molar-refractivity contribution is 7.27. The van der Waals surface area contributed by atoms with Crippen molar-refractivity contribution in [3.63, 3.8) is 0 Å². The second-order valence-electron chi connectivity index (χ2n) is 8.01. The Balaban J connectivity index is 1.67. The van der Waals surface area contributed by atoms with Gasteiger partial charge in [0.25, 0.3) is 0 Å². The van der Waals surface area contributed by atoms with Crippen LogP contribution in [0.1, 0.15) is 35.7 Å². The Morgan fingerprint density at radius 2 is 1.94 bits per heavy atom. The summed E-state index contributed by atoms with van der Waals surface area (Å²) < 4.78 is 1.96. The molecule has 1 unspecified atom stereocenters. The van der Waals surface area contributed by atoms with Gasteiger partial charge in [0.1, 0.15) is 23.7 Å². The lowest BCUT2D eigenvalue weighted by Gasteiger charge is -2.32. The molecular formula is C24H25N6PS. The van der Waals surface area contributed by atoms with Crippen molar-refractivity contribution >= 4 is 59.3 Å². The molecule has 0 amide bonds. The van der Waals surface area contributed by atoms with E-state index in [1.807, 2.05) is 4.68 Å². The van der Waals surface area contributed by atoms with Crippen LogP contribution in [0.4, 0.5) is 10.7 Å². The lowest BCUT2D eigenvalue weighted by molar-refractivity contribution is 0.708. The van der Waals surface area contributed by atoms with Crippen LogP contribution in [0.3, 0.4) is 0 Å². The van der Waals surface area contributed by atoms with E-state index in [0.29, 0.717) is 6.54 Å². The molecule has 5 rings (SSSR count). The second kappa shape index (κ2) is 8.23. The van der Waals surface area contributed by atoms with Crippen LogP contribution >= 0.6 is 20.6 Å². The van der Waals surface area contributed by atoms with E-state index < -0.39 is 0 Å². The van der Waals surface area contributed by atoms with Crippen LogP contribution in [-0.2, 0) is 13.0 Å². The summed E-state index contributed by atoms with van der Waals surface area (Å²) in [6.07, 6.45) is 3.49. The first kappa shape index (κ1) is 21.0. The fourth-order valence-corrected chi connectivity index (χ4v) is 5.59. The van der Waals surface area contributed by atoms with Gasteiger partial charge >= 0.3 is 0 Å². The van der Waals surface area contributed by atoms with Gasteiger partial charge in [-0.2, -0.15) is 5.10 Å². The number of benzene rings is 1. The lowest BCUT2D eigenvalue weighted by atomic mass is 10.1. The van der Waals surface area contributed by atoms with Gasteiger partial charge in [-0.15, -0.1) is 11.3 Å². The number of aromatic nitrogens is 4. The molecule has 0 spiro atoms. The van der Waals surface area contributed by atoms with Crippen LogP contribution in [0.2, 0.25) is 0 Å². The quantitative estimate of drug-likeness (QED) is 0.385. The van der Waals surface area contributed by atoms with Gasteiger partial charge in [-0.3, -0.25) is 4.90 Å². The average molecular weight is 461 g/mol. The van der Waals surface area contributed by atoms with Crippen molar-refractivity contribution in [1.82, 2.24) is 19.7 Å². The Kier molecular flexibility index (Phi) is 5.39. The molecule has 8 heteroatoms. The van der Waals surface area contributed by atoms with Crippen LogP contribution in [0, 0.1) is 13.8 Å². The zero-order valence-corrected chi connectivity index (χ0v) is 20.4. The van der Waals surface area contributed by atoms with Gasteiger partial charge in [-0.25, -0.2) is 19.6 Å². The molecule has 3 aromatic heterocycles. The summed E-state index contributed by atoms with van der Waals surface area (Å²) in [6.45, 7) is 11.4. The molecule has 162 valence electrons. The summed E-state index contributed by atoms with van der Waals surface area (Å²) in [5.41, 5.74) is 8.26. The highest BCUT2D eigenvalue weighted by Gasteiger charge is 2.29. The number of fused-ring (bicyclic) bond motifs is 2. The van der Waals surface area contributed by atoms with Crippen LogP contribution in [0.15, 0.2) is 47.5 Å². The molecule has 0 N–H and O–H groups in total. The molecule has 6 nitrogen and oxygen atoms in total. The number of hydrogen-bond donors (Lipinski definition) is 0. The summed E-state index contributed by atoms with van der Waals surface area (Å²) in [5, 5.41) is 9.10. The van der Waals surface area contributed by atoms with Gasteiger partial charge < -0.3 is 0 Å². The fraction of sp³-hybridized carbons (Fsp3) is 0.250. The standard InChI is InChI=1S/C24H25N6PS/c1-5-8-17-21-22(25-13-26-23(21)31)29(28-17)11-19-27-24-20(15(3)12-32-24)16(4)30(19)18-10-7-6-9-14(18)2/h6-7,9-10,12-13H,4-5,8,11,31H2,1-3H3. The fourth-order valence-electron chi connectivity index (χ4n) is 4.26. The van der Waals surface area contributed by atoms with Crippen molar-refractivity contribution in [2.45, 2.75) is 40.2 Å². The van der Waals surface area contributed by atoms with Gasteiger partial charge in [-0.05, 0) is 42.8 Å². The Morgan fingerprint density at radius 3 is 2.72 bits per heavy atom. The molecule has 1 aromatic carbocycles. The molecule has 0 bridgehead atoms. The van der Waals surface area contributed by atoms with Crippen molar-refractivity contribution in [1.29, 1.82) is 0 Å². The third-order valence-electron chi connectivity index (χ3n) is 5.77. The zero-order valence-electron chi connectivity index (χ0n) is 18.5. The largest absolute Gasteiger partial charge is 0.297 e. The number of rotatable bonds is 5. The minimum absolute atomic E-state index is 0.491. The van der Waals surface area contributed by atoms with E-state index in [9.17, 15) is 0 Å². The molecule has 0 fully saturated rings. The van der Waals surface area contributed by atoms with E-state index >= 15 is 0 Å². The number of aliphatic imine (C=N–C) groups is 1. The van der Waals surface area contributed by atoms with Gasteiger partial charge in [0.05, 0.1) is 27.9 Å². The molecular weight excluding hydrogens is 435 g/mol. The molecule has 0 aliphatic carbocycles. The summed E-state index contributed by atoms with van der Waals surface area (Å²) in [4.78, 5) is 16.2. The van der Waals surface area contributed by atoms with Crippen LogP contribution in [0.5, 0.6) is 0 Å². The average Bonchev–Trinajstić information content (AvgIpc) is 3.31. The number of amidine groups is 1. The molecule has 4 aromatic rings. The van der Waals surface area contributed by atoms with Gasteiger partial charge in [0, 0.05) is 5.56 Å². The third-order valence-corrected chi connectivity index (χ3v) is 7.20. The van der Waals surface area contributed by atoms with Crippen molar-refractivity contribution in [3.05, 3.63) is 64.9 Å². The Morgan fingerprint density at radius 1 is 1.12 bits per heavy atom. The first-order chi connectivity index (χ1) is 15.5. The normalized spacial score (nSPS) is 13.6. The minimum Gasteiger partial charge on any atom is -0.297 e. The van der Waals surface area contributed by atoms with E-state index in [2.05, 4.69) is 81.1 Å². The molecule has 0 radical (unpaired) electrons. The highest BCUT2D eigenvalue weighted by atomic mass is 32.1. The summed E-state index contributed by atoms with van der Waals surface area (Å²) in [7, 11) is 2.72. The predicted octanol–water partition coefficient (Wildman–Crippen LogP) is 5.18. The summed E-state index contributed by atoms with van der Waals surface area (Å²) >= 11 is 1.66. The lowest BCUT2D eigenvalue weighted by Crippen LogP contribution is -2.35. The molecule has 1 atom stereocenters. The van der Waals surface area contributed by atoms with Gasteiger partial charge in [0.15, 0.2) is 5.65 Å². The Labute approximate surface area is 193 Å². The van der Waals surface area contributed by atoms with E-state index in [-0.39, 0.29) is 0 Å². The molecule has 1 aliphatic heterocycles. The van der Waals surface area contributed by atoms with Gasteiger partial charge in [0.2, 0.25) is 0 Å². The number of hydrogen-bond acceptors (Lipinski definition) is 6. The van der Waals surface area contributed by atoms with Gasteiger partial charge in [-0.1, -0.05) is 47.4 Å². The Hall–Kier alpha value is -2.89. The smallest absolute Gasteiger partial charge is 0.162 e. The number of thiophene rings is 1. The summed E-state index contributed by atoms with van der Waals surface area (Å²) in [5.74, 6) is 0.884. The monoisotopic (exact) mass is 460 g/mol. The Bertz CT molecular complexity index is 1380. The summed E-state index contributed by atoms with van der Waals surface area (Å²) in [6, 6.07) is 8.35. The van der Waals surface area contributed by atoms with Crippen molar-refractivity contribution < 1.29 is 0 Å². The minimum atomic E-state index is 0.491. The van der Waals surface area contributed by atoms with E-state index in [0.717, 1.165) is 62.8 Å². The maximum absolute atomic E-state index is 5.09. The van der Waals surface area contributed by atoms with Crippen LogP contribution in [0.25, 0.3) is 16.7 Å². The van der Waals surface area contributed by atoms with Crippen molar-refractivity contribution in [2.24, 2.45) is 4.99 Å². The highest BCUT2D eigenvalue weighted by Crippen LogP contribution is 2.43. The zero-order chi connectivity index (χ0) is 22.4. The van der Waals surface area contributed by atoms with Crippen molar-refractivity contribution in [2.75, 3.05) is 4.90 Å². The maximum Gasteiger partial charge on any atom is 0.162 e. The van der Waals surface area contributed by atoms with Crippen molar-refractivity contribution in [3.8, 4) is 0 Å². The van der Waals surface area contributed by atoms with Crippen LogP contribution < -0.4 is 10.3 Å². The number of anilines is 1. The molecule has 32 heavy (non-hydrogen) atoms. The molecule has 0 saturated carbocycles. The first-order valence-corrected chi connectivity index (χ1v) is 12.1. The maximum atomic E-state index is 5.09. The molecule has 1 aliphatic rings. The SMILES string of the molecule is C=C1c2c(C)csc2N=C(Cn2nc(CCC)c3c(P)ncnc32)N1c1ccccc1C. The third kappa shape index (κ3) is 3.37. The van der Waals surface area contributed by atoms with E-state index in [1.165, 1.54) is 11.1 Å². The second-order valence-corrected chi connectivity index (χ2v) is 9.41. The molecule has 0 saturated heterocycles. The predicted molar refractivity (Wildman–Crippen MR) is 138 cm³/mol. The first-order valence-electron chi connectivity index (χ1n) is 10.7. The van der Waals surface area contributed by atoms with E-state index in [1.54, 1.807) is 17.7 Å². The van der Waals surface area contributed by atoms with E-state index in [4.69, 9.17) is 10.1 Å². The van der Waals surface area contributed by atoms with Crippen LogP contribution in [-0.4, -0.2) is 25.6 Å². The number of para-hydroxylation sites is 1. The number of nitrogens with zero attached hydrogens (tertiary/aromatic N) is 6. The molecule has 4 heterocycles. The number of aryl methyl sites for hydroxylation is 3.